The topological polar surface area (TPSA) is 218 Å². The van der Waals surface area contributed by atoms with Crippen LogP contribution in [0.2, 0.25) is 0 Å². The maximum atomic E-state index is 10.8. The van der Waals surface area contributed by atoms with Crippen LogP contribution in [-0.4, -0.2) is 98.5 Å². The molecule has 3 aromatic heterocycles. The van der Waals surface area contributed by atoms with Gasteiger partial charge in [-0.3, -0.25) is 24.7 Å². The van der Waals surface area contributed by atoms with Crippen LogP contribution in [0.1, 0.15) is 94.3 Å². The zero-order valence-corrected chi connectivity index (χ0v) is 45.2. The first-order chi connectivity index (χ1) is 38.1. The molecule has 6 aromatic carbocycles. The van der Waals surface area contributed by atoms with Gasteiger partial charge < -0.3 is 40.6 Å². The number of rotatable bonds is 18. The van der Waals surface area contributed by atoms with Gasteiger partial charge in [-0.25, -0.2) is 15.0 Å². The number of hydrogen-bond donors (Lipinski definition) is 5. The lowest BCUT2D eigenvalue weighted by atomic mass is 10.1. The molecule has 0 unspecified atom stereocenters. The molecule has 0 radical (unpaired) electrons. The number of nitrogens with zero attached hydrogens (tertiary/aromatic N) is 7. The first kappa shape index (κ1) is 59.6. The van der Waals surface area contributed by atoms with Crippen LogP contribution in [0.3, 0.4) is 0 Å². The molecular weight excluding hydrogens is 1010 g/mol. The van der Waals surface area contributed by atoms with Gasteiger partial charge in [0.05, 0.1) is 65.8 Å². The fourth-order valence-corrected chi connectivity index (χ4v) is 8.84. The van der Waals surface area contributed by atoms with Crippen molar-refractivity contribution in [1.29, 1.82) is 0 Å². The number of benzene rings is 6. The fourth-order valence-electron chi connectivity index (χ4n) is 8.84. The molecule has 0 fully saturated rings. The van der Waals surface area contributed by atoms with Gasteiger partial charge in [-0.15, -0.1) is 0 Å². The highest BCUT2D eigenvalue weighted by Gasteiger charge is 2.14. The normalized spacial score (nSPS) is 13.7. The van der Waals surface area contributed by atoms with Crippen molar-refractivity contribution < 1.29 is 19.0 Å². The average molecular weight is 1090 g/mol. The largest absolute Gasteiger partial charge is 0.457 e. The van der Waals surface area contributed by atoms with Crippen LogP contribution in [0.15, 0.2) is 161 Å². The quantitative estimate of drug-likeness (QED) is 0.0512. The van der Waals surface area contributed by atoms with Gasteiger partial charge in [-0.1, -0.05) is 65.1 Å². The zero-order valence-electron chi connectivity index (χ0n) is 45.2. The third-order valence-electron chi connectivity index (χ3n) is 13.9. The predicted octanol–water partition coefficient (Wildman–Crippen LogP) is 14.8. The summed E-state index contributed by atoms with van der Waals surface area (Å²) in [5, 5.41) is 3.45. The van der Waals surface area contributed by atoms with Gasteiger partial charge in [-0.05, 0) is 158 Å². The van der Waals surface area contributed by atoms with Gasteiger partial charge in [0, 0.05) is 48.9 Å². The fraction of sp³-hybridized carbons (Fsp3) is 0.246. The Balaban J connectivity index is 0.000000173. The molecule has 0 spiro atoms. The van der Waals surface area contributed by atoms with Crippen molar-refractivity contribution in [1.82, 2.24) is 46.3 Å². The summed E-state index contributed by atoms with van der Waals surface area (Å²) in [6.45, 7) is 12.6. The predicted molar refractivity (Wildman–Crippen MR) is 334 cm³/mol. The van der Waals surface area contributed by atoms with E-state index in [-0.39, 0.29) is 21.0 Å². The number of aromatic amines is 3. The molecule has 9 aromatic rings. The van der Waals surface area contributed by atoms with Crippen LogP contribution in [0, 0.1) is 0 Å². The van der Waals surface area contributed by atoms with Crippen LogP contribution in [0.25, 0.3) is 49.8 Å². The molecule has 3 aliphatic rings. The minimum absolute atomic E-state index is 0. The standard InChI is InChI=1S/C23H26N4O.C22H24N4O.C18H13N3O2.2CH4.H3N/c1-4-16(2)27(3)15-23-25-21-10-9-20(13-22(21)26-23)28-19-7-5-17(6-8-19)18-11-12-24-14-18;1-3-15(2)24-14-22-25-20-9-8-19(12-21(20)26-22)27-18-6-4-16(5-7-18)17-10-11-23-13-17;22-11-18-20-16-6-5-15(9-17(16)21-18)23-14-3-1-12(2-4-14)13-7-8-19-10-13;;;/h5-13,16H,4,14-15H2,1-3H3,(H,25,26);4-12,15,24H,3,13-14H2,1-2H3,(H,25,26);1-9,11H,10H2,(H,20,21);2*1H4;1H3/t16-;15-;;;;/m00..../s1. The Bertz CT molecular complexity index is 3720. The summed E-state index contributed by atoms with van der Waals surface area (Å²) in [7, 11) is 2.13. The third-order valence-corrected chi connectivity index (χ3v) is 13.9. The lowest BCUT2D eigenvalue weighted by Gasteiger charge is -2.21. The van der Waals surface area contributed by atoms with Gasteiger partial charge in [0.25, 0.3) is 0 Å². The number of aromatic nitrogens is 6. The van der Waals surface area contributed by atoms with Crippen molar-refractivity contribution in [3.8, 4) is 34.5 Å². The molecule has 6 heterocycles. The molecular formula is C65H74N12O4. The molecule has 0 aliphatic carbocycles. The van der Waals surface area contributed by atoms with E-state index in [1.165, 1.54) is 27.8 Å². The molecule has 16 nitrogen and oxygen atoms in total. The number of nitrogens with one attached hydrogen (secondary N) is 4. The average Bonchev–Trinajstić information content (AvgIpc) is 4.48. The first-order valence-corrected chi connectivity index (χ1v) is 26.4. The highest BCUT2D eigenvalue weighted by molar-refractivity contribution is 5.91. The van der Waals surface area contributed by atoms with Crippen LogP contribution in [0.5, 0.6) is 34.5 Å². The van der Waals surface area contributed by atoms with Crippen molar-refractivity contribution in [2.45, 2.75) is 80.6 Å². The van der Waals surface area contributed by atoms with Gasteiger partial charge in [-0.2, -0.15) is 0 Å². The minimum atomic E-state index is 0. The van der Waals surface area contributed by atoms with E-state index in [2.05, 4.69) is 121 Å². The van der Waals surface area contributed by atoms with E-state index >= 15 is 0 Å². The van der Waals surface area contributed by atoms with E-state index < -0.39 is 0 Å². The molecule has 0 bridgehead atoms. The Hall–Kier alpha value is -9.09. The Morgan fingerprint density at radius 2 is 0.914 bits per heavy atom. The van der Waals surface area contributed by atoms with Gasteiger partial charge in [0.1, 0.15) is 46.1 Å². The van der Waals surface area contributed by atoms with E-state index in [0.717, 1.165) is 125 Å². The maximum Gasteiger partial charge on any atom is 0.185 e. The van der Waals surface area contributed by atoms with Crippen LogP contribution in [0.4, 0.5) is 0 Å². The lowest BCUT2D eigenvalue weighted by molar-refractivity contribution is 0.111. The number of fused-ring (bicyclic) bond motifs is 3. The summed E-state index contributed by atoms with van der Waals surface area (Å²) in [4.78, 5) is 48.9. The Morgan fingerprint density at radius 1 is 0.531 bits per heavy atom. The number of allylic oxidation sites excluding steroid dienone is 3. The van der Waals surface area contributed by atoms with Crippen molar-refractivity contribution in [2.24, 2.45) is 15.0 Å². The number of ether oxygens (including phenoxy) is 3. The smallest absolute Gasteiger partial charge is 0.185 e. The Morgan fingerprint density at radius 3 is 1.30 bits per heavy atom. The van der Waals surface area contributed by atoms with E-state index in [1.54, 1.807) is 0 Å². The van der Waals surface area contributed by atoms with Gasteiger partial charge >= 0.3 is 0 Å². The van der Waals surface area contributed by atoms with Gasteiger partial charge in [0.2, 0.25) is 0 Å². The minimum Gasteiger partial charge on any atom is -0.457 e. The molecule has 2 atom stereocenters. The summed E-state index contributed by atoms with van der Waals surface area (Å²) < 4.78 is 17.9. The molecule has 7 N–H and O–H groups in total. The van der Waals surface area contributed by atoms with E-state index in [0.29, 0.717) is 29.9 Å². The van der Waals surface area contributed by atoms with Crippen LogP contribution >= 0.6 is 0 Å². The molecule has 0 saturated heterocycles. The monoisotopic (exact) mass is 1090 g/mol. The highest BCUT2D eigenvalue weighted by atomic mass is 16.5. The number of carbonyl (C=O) groups is 1. The molecule has 81 heavy (non-hydrogen) atoms. The summed E-state index contributed by atoms with van der Waals surface area (Å²) in [6, 6.07) is 42.6. The van der Waals surface area contributed by atoms with Crippen LogP contribution in [-0.2, 0) is 13.1 Å². The van der Waals surface area contributed by atoms with Crippen molar-refractivity contribution in [3.63, 3.8) is 0 Å². The summed E-state index contributed by atoms with van der Waals surface area (Å²) in [6.07, 6.45) is 14.6. The molecule has 0 saturated carbocycles. The number of H-pyrrole nitrogens is 3. The Kier molecular flexibility index (Phi) is 20.7. The summed E-state index contributed by atoms with van der Waals surface area (Å²) in [5.41, 5.74) is 12.6. The van der Waals surface area contributed by atoms with Crippen molar-refractivity contribution in [3.05, 3.63) is 180 Å². The molecule has 418 valence electrons. The maximum absolute atomic E-state index is 10.8. The number of carbonyl (C=O) groups excluding carboxylic acids is 1. The molecule has 12 rings (SSSR count). The number of aliphatic imine (C=N–C) groups is 3. The number of aldehydes is 1. The molecule has 16 heteroatoms. The number of imidazole rings is 3. The molecule has 0 amide bonds. The van der Waals surface area contributed by atoms with Crippen LogP contribution < -0.4 is 25.7 Å². The second kappa shape index (κ2) is 28.2. The highest BCUT2D eigenvalue weighted by Crippen LogP contribution is 2.31. The summed E-state index contributed by atoms with van der Waals surface area (Å²) in [5.74, 6) is 6.91. The summed E-state index contributed by atoms with van der Waals surface area (Å²) >= 11 is 0. The SMILES string of the molecule is C.C.CC[C@H](C)N(C)Cc1nc2ccc(Oc3ccc(C4=CC=NC4)cc3)cc2[nH]1.CC[C@H](C)NCc1nc2ccc(Oc3ccc(C4=CC=NC4)cc3)cc2[nH]1.N.O=Cc1nc2ccc(Oc3ccc(C4=CC=NC4)cc3)cc2[nH]1. The number of hydrogen-bond acceptors (Lipinski definition) is 13. The first-order valence-electron chi connectivity index (χ1n) is 26.4. The Labute approximate surface area is 474 Å². The van der Waals surface area contributed by atoms with E-state index in [9.17, 15) is 4.79 Å². The second-order valence-corrected chi connectivity index (χ2v) is 19.4. The van der Waals surface area contributed by atoms with Crippen molar-refractivity contribution >= 4 is 74.7 Å². The van der Waals surface area contributed by atoms with E-state index in [1.807, 2.05) is 128 Å². The zero-order chi connectivity index (χ0) is 53.8. The lowest BCUT2D eigenvalue weighted by Crippen LogP contribution is -2.28. The second-order valence-electron chi connectivity index (χ2n) is 19.4. The van der Waals surface area contributed by atoms with Crippen molar-refractivity contribution in [2.75, 3.05) is 26.7 Å². The molecule has 3 aliphatic heterocycles. The third kappa shape index (κ3) is 15.4. The van der Waals surface area contributed by atoms with Gasteiger partial charge in [0.15, 0.2) is 12.1 Å². The van der Waals surface area contributed by atoms with E-state index in [4.69, 9.17) is 19.2 Å².